The quantitative estimate of drug-likeness (QED) is 0.138. The normalized spacial score (nSPS) is 11.9. The Balaban J connectivity index is 0.000000102. The van der Waals surface area contributed by atoms with Crippen molar-refractivity contribution in [2.75, 3.05) is 0 Å². The van der Waals surface area contributed by atoms with Gasteiger partial charge in [0.25, 0.3) is 0 Å². The van der Waals surface area contributed by atoms with E-state index in [2.05, 4.69) is 305 Å². The molecule has 578 valence electrons. The van der Waals surface area contributed by atoms with Gasteiger partial charge in [-0.25, -0.2) is 15.0 Å². The number of aromatic nitrogens is 8. The first-order chi connectivity index (χ1) is 61.5. The second kappa shape index (κ2) is 28.4. The van der Waals surface area contributed by atoms with Gasteiger partial charge in [0.2, 0.25) is 11.9 Å². The molecule has 124 heavy (non-hydrogen) atoms. The van der Waals surface area contributed by atoms with Crippen molar-refractivity contribution in [3.8, 4) is 73.9 Å². The van der Waals surface area contributed by atoms with Crippen molar-refractivity contribution in [1.82, 2.24) is 38.6 Å². The summed E-state index contributed by atoms with van der Waals surface area (Å²) < 4.78 is 26.1. The summed E-state index contributed by atoms with van der Waals surface area (Å²) in [6, 6.07) is 144. The zero-order valence-corrected chi connectivity index (χ0v) is 66.6. The van der Waals surface area contributed by atoms with Gasteiger partial charge in [-0.15, -0.1) is 0 Å². The van der Waals surface area contributed by atoms with E-state index < -0.39 is 0 Å². The van der Waals surface area contributed by atoms with Gasteiger partial charge in [-0.05, 0) is 152 Å². The standard InChI is InChI=1S/C42H25NO.C38H23N3O.C33H20N4O/c1-2-14-31-29(12-1)30-13-3-4-15-32(30)37-25-27(20-21-33(31)37)26-10-9-11-28(24-26)43-38-18-7-5-17-36(38)41-39(43)23-22-35-34-16-6-8-19-40(34)44-42(35)41;1-2-10-24(11-3-1)25-18-20-26(21-19-25)36-29-13-4-7-15-31(29)39-38(40-36)41-32-16-8-5-14-30(32)35-33(41)23-22-28-27-12-6-9-17-34(27)42-37(28)35;1-3-11-21(12-4-1)31-34-32(22-13-5-2-6-14-22)36-33(35-31)37-26-17-9-7-16-25(26)29-27(37)20-19-24-23-15-8-10-18-28(23)38-30(24)29/h1-25H;1-23H;1-20H. The number of hydrogen-bond acceptors (Lipinski definition) is 8. The van der Waals surface area contributed by atoms with E-state index in [0.717, 1.165) is 159 Å². The van der Waals surface area contributed by atoms with E-state index in [9.17, 15) is 0 Å². The molecule has 0 N–H and O–H groups in total. The maximum absolute atomic E-state index is 6.51. The average molecular weight is 1590 g/mol. The molecule has 19 aromatic carbocycles. The smallest absolute Gasteiger partial charge is 0.238 e. The highest BCUT2D eigenvalue weighted by Crippen LogP contribution is 2.47. The minimum atomic E-state index is 0.569. The van der Waals surface area contributed by atoms with E-state index in [4.69, 9.17) is 38.2 Å². The molecule has 0 atom stereocenters. The van der Waals surface area contributed by atoms with Crippen LogP contribution in [0.15, 0.2) is 426 Å². The fourth-order valence-corrected chi connectivity index (χ4v) is 19.1. The third-order valence-electron chi connectivity index (χ3n) is 24.7. The highest BCUT2D eigenvalue weighted by molar-refractivity contribution is 6.28. The zero-order valence-electron chi connectivity index (χ0n) is 66.6. The van der Waals surface area contributed by atoms with Gasteiger partial charge in [-0.3, -0.25) is 9.13 Å². The molecule has 8 heterocycles. The molecule has 0 saturated heterocycles. The Morgan fingerprint density at radius 3 is 0.992 bits per heavy atom. The van der Waals surface area contributed by atoms with Gasteiger partial charge in [-0.2, -0.15) is 9.97 Å². The number of nitrogens with zero attached hydrogens (tertiary/aromatic N) is 8. The monoisotopic (exact) mass is 1580 g/mol. The van der Waals surface area contributed by atoms with Crippen molar-refractivity contribution >= 4 is 174 Å². The Labute approximate surface area is 708 Å². The van der Waals surface area contributed by atoms with Crippen LogP contribution in [0.1, 0.15) is 0 Å². The van der Waals surface area contributed by atoms with E-state index in [1.807, 2.05) is 121 Å². The van der Waals surface area contributed by atoms with Crippen LogP contribution in [0, 0.1) is 0 Å². The first-order valence-electron chi connectivity index (χ1n) is 41.8. The van der Waals surface area contributed by atoms with Crippen LogP contribution in [-0.4, -0.2) is 38.6 Å². The summed E-state index contributed by atoms with van der Waals surface area (Å²) in [5.74, 6) is 2.47. The van der Waals surface area contributed by atoms with Gasteiger partial charge in [0.1, 0.15) is 33.5 Å². The molecule has 11 heteroatoms. The predicted molar refractivity (Wildman–Crippen MR) is 510 cm³/mol. The highest BCUT2D eigenvalue weighted by atomic mass is 16.3. The number of rotatable bonds is 8. The summed E-state index contributed by atoms with van der Waals surface area (Å²) in [5, 5.41) is 22.2. The third kappa shape index (κ3) is 11.3. The number of benzene rings is 19. The molecule has 0 radical (unpaired) electrons. The number of para-hydroxylation sites is 7. The molecule has 0 aliphatic rings. The third-order valence-corrected chi connectivity index (χ3v) is 24.7. The Hall–Kier alpha value is -16.9. The second-order valence-corrected chi connectivity index (χ2v) is 31.6. The lowest BCUT2D eigenvalue weighted by atomic mass is 9.92. The van der Waals surface area contributed by atoms with Crippen LogP contribution in [0.3, 0.4) is 0 Å². The molecule has 0 fully saturated rings. The van der Waals surface area contributed by atoms with Crippen LogP contribution in [0.25, 0.3) is 248 Å². The topological polar surface area (TPSA) is 119 Å². The van der Waals surface area contributed by atoms with E-state index in [-0.39, 0.29) is 0 Å². The minimum Gasteiger partial charge on any atom is -0.455 e. The SMILES string of the molecule is c1cc(-c2ccc3c4ccccc4c4ccccc4c3c2)cc(-n2c3ccccc3c3c4oc5ccccc5c4ccc32)c1.c1ccc(-c2ccc(-c3nc(-n4c5ccccc5c5c6oc7ccccc7c6ccc54)nc4ccccc34)cc2)cc1.c1ccc(-c2nc(-c3ccccc3)nc(-n3c4ccccc4c4c5oc6ccccc6c5ccc43)n2)cc1. The molecule has 0 aliphatic heterocycles. The molecule has 11 nitrogen and oxygen atoms in total. The van der Waals surface area contributed by atoms with Crippen LogP contribution < -0.4 is 0 Å². The van der Waals surface area contributed by atoms with Crippen LogP contribution >= 0.6 is 0 Å². The average Bonchev–Trinajstić information content (AvgIpc) is 1.49. The van der Waals surface area contributed by atoms with Crippen molar-refractivity contribution in [1.29, 1.82) is 0 Å². The number of fused-ring (bicyclic) bond motifs is 28. The van der Waals surface area contributed by atoms with Crippen LogP contribution in [0.5, 0.6) is 0 Å². The van der Waals surface area contributed by atoms with Crippen molar-refractivity contribution in [3.05, 3.63) is 413 Å². The Kier molecular flexibility index (Phi) is 16.1. The Morgan fingerprint density at radius 2 is 0.508 bits per heavy atom. The van der Waals surface area contributed by atoms with Crippen molar-refractivity contribution in [3.63, 3.8) is 0 Å². The highest BCUT2D eigenvalue weighted by Gasteiger charge is 2.26. The lowest BCUT2D eigenvalue weighted by Gasteiger charge is -2.13. The fourth-order valence-electron chi connectivity index (χ4n) is 19.1. The van der Waals surface area contributed by atoms with Gasteiger partial charge in [0, 0.05) is 76.2 Å². The fraction of sp³-hybridized carbons (Fsp3) is 0. The van der Waals surface area contributed by atoms with E-state index in [1.54, 1.807) is 0 Å². The van der Waals surface area contributed by atoms with Gasteiger partial charge in [0.05, 0.1) is 60.5 Å². The molecule has 27 aromatic rings. The molecule has 8 aromatic heterocycles. The summed E-state index contributed by atoms with van der Waals surface area (Å²) in [7, 11) is 0. The molecule has 0 bridgehead atoms. The van der Waals surface area contributed by atoms with Crippen LogP contribution in [0.2, 0.25) is 0 Å². The largest absolute Gasteiger partial charge is 0.455 e. The first-order valence-corrected chi connectivity index (χ1v) is 41.8. The summed E-state index contributed by atoms with van der Waals surface area (Å²) >= 11 is 0. The number of furan rings is 3. The first kappa shape index (κ1) is 70.2. The lowest BCUT2D eigenvalue weighted by Crippen LogP contribution is -2.06. The van der Waals surface area contributed by atoms with Crippen molar-refractivity contribution in [2.24, 2.45) is 0 Å². The van der Waals surface area contributed by atoms with Crippen LogP contribution in [0.4, 0.5) is 0 Å². The zero-order chi connectivity index (χ0) is 81.5. The Bertz CT molecular complexity index is 8920. The molecule has 0 saturated carbocycles. The number of hydrogen-bond donors (Lipinski definition) is 0. The molecular weight excluding hydrogens is 1520 g/mol. The summed E-state index contributed by atoms with van der Waals surface area (Å²) in [5.41, 5.74) is 22.4. The van der Waals surface area contributed by atoms with Crippen LogP contribution in [-0.2, 0) is 0 Å². The van der Waals surface area contributed by atoms with Gasteiger partial charge < -0.3 is 17.8 Å². The summed E-state index contributed by atoms with van der Waals surface area (Å²) in [6.07, 6.45) is 0. The predicted octanol–water partition coefficient (Wildman–Crippen LogP) is 30.0. The lowest BCUT2D eigenvalue weighted by molar-refractivity contribution is 0.672. The minimum absolute atomic E-state index is 0.569. The Morgan fingerprint density at radius 1 is 0.177 bits per heavy atom. The van der Waals surface area contributed by atoms with Gasteiger partial charge >= 0.3 is 0 Å². The molecule has 0 aliphatic carbocycles. The molecule has 27 rings (SSSR count). The maximum Gasteiger partial charge on any atom is 0.238 e. The summed E-state index contributed by atoms with van der Waals surface area (Å²) in [4.78, 5) is 25.3. The van der Waals surface area contributed by atoms with Gasteiger partial charge in [-0.1, -0.05) is 315 Å². The maximum atomic E-state index is 6.51. The second-order valence-electron chi connectivity index (χ2n) is 31.6. The van der Waals surface area contributed by atoms with Crippen molar-refractivity contribution in [2.45, 2.75) is 0 Å². The van der Waals surface area contributed by atoms with Crippen molar-refractivity contribution < 1.29 is 13.3 Å². The molecule has 0 unspecified atom stereocenters. The van der Waals surface area contributed by atoms with E-state index in [1.165, 1.54) is 65.5 Å². The molecule has 0 spiro atoms. The molecule has 0 amide bonds. The van der Waals surface area contributed by atoms with E-state index in [0.29, 0.717) is 23.5 Å². The van der Waals surface area contributed by atoms with Gasteiger partial charge in [0.15, 0.2) is 11.6 Å². The molecular formula is C113H68N8O3. The van der Waals surface area contributed by atoms with E-state index >= 15 is 0 Å². The summed E-state index contributed by atoms with van der Waals surface area (Å²) in [6.45, 7) is 0.